The fourth-order valence-electron chi connectivity index (χ4n) is 1.90. The summed E-state index contributed by atoms with van der Waals surface area (Å²) < 4.78 is 14.8. The summed E-state index contributed by atoms with van der Waals surface area (Å²) in [6, 6.07) is 10.6. The van der Waals surface area contributed by atoms with Crippen LogP contribution in [0.25, 0.3) is 0 Å². The van der Waals surface area contributed by atoms with Crippen LogP contribution in [0.15, 0.2) is 36.4 Å². The van der Waals surface area contributed by atoms with Gasteiger partial charge in [-0.3, -0.25) is 9.63 Å². The number of carboxylic acid groups (broad SMARTS) is 1. The fraction of sp³-hybridized carbons (Fsp3) is 0.118. The Kier molecular flexibility index (Phi) is 6.48. The standard InChI is InChI=1S/C17H13FIN3O4/c1-9(17(24)25)26-22-16(23)12-4-2-10(8-20)6-15(12)21-14-5-3-11(19)7-13(14)18/h2-7,9,21H,1H3,(H,22,23)(H,24,25). The van der Waals surface area contributed by atoms with E-state index in [1.165, 1.54) is 37.3 Å². The molecule has 0 bridgehead atoms. The molecule has 0 aliphatic heterocycles. The number of anilines is 2. The lowest BCUT2D eigenvalue weighted by molar-refractivity contribution is -0.152. The molecule has 0 fully saturated rings. The van der Waals surface area contributed by atoms with Gasteiger partial charge in [0.25, 0.3) is 5.91 Å². The number of amides is 1. The molecule has 0 saturated carbocycles. The van der Waals surface area contributed by atoms with Gasteiger partial charge in [-0.25, -0.2) is 14.7 Å². The van der Waals surface area contributed by atoms with Gasteiger partial charge in [-0.15, -0.1) is 0 Å². The molecule has 2 aromatic carbocycles. The molecular weight excluding hydrogens is 456 g/mol. The second kappa shape index (κ2) is 8.59. The van der Waals surface area contributed by atoms with E-state index in [1.807, 2.05) is 34.1 Å². The summed E-state index contributed by atoms with van der Waals surface area (Å²) in [5.41, 5.74) is 2.64. The number of aliphatic carboxylic acids is 1. The van der Waals surface area contributed by atoms with Crippen LogP contribution in [0.1, 0.15) is 22.8 Å². The van der Waals surface area contributed by atoms with Crippen LogP contribution >= 0.6 is 22.6 Å². The van der Waals surface area contributed by atoms with Crippen molar-refractivity contribution in [3.63, 3.8) is 0 Å². The summed E-state index contributed by atoms with van der Waals surface area (Å²) >= 11 is 1.96. The monoisotopic (exact) mass is 469 g/mol. The van der Waals surface area contributed by atoms with Crippen molar-refractivity contribution < 1.29 is 23.9 Å². The molecule has 134 valence electrons. The lowest BCUT2D eigenvalue weighted by Gasteiger charge is -2.14. The molecule has 1 amide bonds. The van der Waals surface area contributed by atoms with Crippen molar-refractivity contribution in [1.29, 1.82) is 5.26 Å². The summed E-state index contributed by atoms with van der Waals surface area (Å²) in [7, 11) is 0. The van der Waals surface area contributed by atoms with Gasteiger partial charge >= 0.3 is 5.97 Å². The molecule has 0 radical (unpaired) electrons. The number of nitrogens with one attached hydrogen (secondary N) is 2. The fourth-order valence-corrected chi connectivity index (χ4v) is 2.35. The van der Waals surface area contributed by atoms with E-state index in [9.17, 15) is 14.0 Å². The van der Waals surface area contributed by atoms with E-state index in [-0.39, 0.29) is 22.5 Å². The van der Waals surface area contributed by atoms with E-state index in [2.05, 4.69) is 5.32 Å². The van der Waals surface area contributed by atoms with Gasteiger partial charge in [0.2, 0.25) is 0 Å². The van der Waals surface area contributed by atoms with Crippen LogP contribution in [-0.2, 0) is 9.63 Å². The average molecular weight is 469 g/mol. The van der Waals surface area contributed by atoms with Gasteiger partial charge in [-0.05, 0) is 65.9 Å². The zero-order valence-electron chi connectivity index (χ0n) is 13.4. The highest BCUT2D eigenvalue weighted by atomic mass is 127. The molecule has 3 N–H and O–H groups in total. The average Bonchev–Trinajstić information content (AvgIpc) is 2.61. The van der Waals surface area contributed by atoms with Crippen LogP contribution in [0.2, 0.25) is 0 Å². The number of rotatable bonds is 6. The number of nitriles is 1. The summed E-state index contributed by atoms with van der Waals surface area (Å²) in [4.78, 5) is 27.8. The molecule has 0 aromatic heterocycles. The van der Waals surface area contributed by atoms with Crippen LogP contribution < -0.4 is 10.8 Å². The van der Waals surface area contributed by atoms with Crippen LogP contribution in [0.5, 0.6) is 0 Å². The zero-order valence-corrected chi connectivity index (χ0v) is 15.6. The molecular formula is C17H13FIN3O4. The molecule has 2 rings (SSSR count). The van der Waals surface area contributed by atoms with Gasteiger partial charge in [0.15, 0.2) is 6.10 Å². The number of halogens is 2. The second-order valence-corrected chi connectivity index (χ2v) is 6.40. The van der Waals surface area contributed by atoms with E-state index in [1.54, 1.807) is 6.07 Å². The second-order valence-electron chi connectivity index (χ2n) is 5.15. The van der Waals surface area contributed by atoms with Gasteiger partial charge in [-0.1, -0.05) is 0 Å². The van der Waals surface area contributed by atoms with Crippen molar-refractivity contribution in [2.24, 2.45) is 0 Å². The smallest absolute Gasteiger partial charge is 0.335 e. The SMILES string of the molecule is CC(ONC(=O)c1ccc(C#N)cc1Nc1ccc(I)cc1F)C(=O)O. The maximum atomic E-state index is 14.1. The predicted octanol–water partition coefficient (Wildman–Crippen LogP) is 3.18. The number of carbonyl (C=O) groups excluding carboxylic acids is 1. The third-order valence-electron chi connectivity index (χ3n) is 3.27. The lowest BCUT2D eigenvalue weighted by Crippen LogP contribution is -2.32. The first kappa shape index (κ1) is 19.6. The topological polar surface area (TPSA) is 111 Å². The Morgan fingerprint density at radius 2 is 2.00 bits per heavy atom. The highest BCUT2D eigenvalue weighted by Gasteiger charge is 2.17. The first-order valence-corrected chi connectivity index (χ1v) is 8.34. The molecule has 7 nitrogen and oxygen atoms in total. The Morgan fingerprint density at radius 1 is 1.27 bits per heavy atom. The van der Waals surface area contributed by atoms with E-state index in [0.717, 1.165) is 0 Å². The summed E-state index contributed by atoms with van der Waals surface area (Å²) in [6.45, 7) is 1.25. The van der Waals surface area contributed by atoms with Crippen molar-refractivity contribution in [3.05, 3.63) is 56.9 Å². The maximum Gasteiger partial charge on any atom is 0.335 e. The van der Waals surface area contributed by atoms with Crippen LogP contribution in [0, 0.1) is 20.7 Å². The van der Waals surface area contributed by atoms with Crippen LogP contribution in [-0.4, -0.2) is 23.1 Å². The maximum absolute atomic E-state index is 14.1. The third kappa shape index (κ3) is 4.90. The number of carbonyl (C=O) groups is 2. The van der Waals surface area contributed by atoms with E-state index >= 15 is 0 Å². The Labute approximate surface area is 161 Å². The van der Waals surface area contributed by atoms with Crippen molar-refractivity contribution in [2.75, 3.05) is 5.32 Å². The van der Waals surface area contributed by atoms with Gasteiger partial charge in [0, 0.05) is 3.57 Å². The van der Waals surface area contributed by atoms with Gasteiger partial charge in [0.1, 0.15) is 5.82 Å². The number of benzene rings is 2. The van der Waals surface area contributed by atoms with Gasteiger partial charge < -0.3 is 10.4 Å². The molecule has 0 aliphatic rings. The molecule has 0 aliphatic carbocycles. The molecule has 0 spiro atoms. The molecule has 9 heteroatoms. The Hall–Kier alpha value is -2.71. The largest absolute Gasteiger partial charge is 0.479 e. The summed E-state index contributed by atoms with van der Waals surface area (Å²) in [5, 5.41) is 20.6. The number of nitrogens with zero attached hydrogens (tertiary/aromatic N) is 1. The third-order valence-corrected chi connectivity index (χ3v) is 3.94. The first-order valence-electron chi connectivity index (χ1n) is 7.27. The minimum Gasteiger partial charge on any atom is -0.479 e. The van der Waals surface area contributed by atoms with E-state index in [0.29, 0.717) is 3.57 Å². The highest BCUT2D eigenvalue weighted by molar-refractivity contribution is 14.1. The predicted molar refractivity (Wildman–Crippen MR) is 99.2 cm³/mol. The van der Waals surface area contributed by atoms with Crippen LogP contribution in [0.3, 0.4) is 0 Å². The molecule has 2 aromatic rings. The number of hydrogen-bond acceptors (Lipinski definition) is 5. The minimum atomic E-state index is -1.25. The highest BCUT2D eigenvalue weighted by Crippen LogP contribution is 2.25. The zero-order chi connectivity index (χ0) is 19.3. The van der Waals surface area contributed by atoms with E-state index < -0.39 is 23.8 Å². The van der Waals surface area contributed by atoms with Crippen molar-refractivity contribution in [2.45, 2.75) is 13.0 Å². The van der Waals surface area contributed by atoms with Gasteiger partial charge in [-0.2, -0.15) is 5.26 Å². The first-order chi connectivity index (χ1) is 12.3. The molecule has 0 saturated heterocycles. The Balaban J connectivity index is 2.30. The van der Waals surface area contributed by atoms with E-state index in [4.69, 9.17) is 15.2 Å². The van der Waals surface area contributed by atoms with Crippen LogP contribution in [0.4, 0.5) is 15.8 Å². The molecule has 1 unspecified atom stereocenters. The number of hydroxylamine groups is 1. The van der Waals surface area contributed by atoms with Crippen molar-refractivity contribution in [3.8, 4) is 6.07 Å². The minimum absolute atomic E-state index is 0.0551. The number of hydrogen-bond donors (Lipinski definition) is 3. The normalized spacial score (nSPS) is 11.3. The van der Waals surface area contributed by atoms with Gasteiger partial charge in [0.05, 0.1) is 28.6 Å². The Bertz CT molecular complexity index is 898. The van der Waals surface area contributed by atoms with Crippen molar-refractivity contribution >= 4 is 45.8 Å². The summed E-state index contributed by atoms with van der Waals surface area (Å²) in [6.07, 6.45) is -1.25. The molecule has 1 atom stereocenters. The summed E-state index contributed by atoms with van der Waals surface area (Å²) in [5.74, 6) is -2.51. The molecule has 0 heterocycles. The quantitative estimate of drug-likeness (QED) is 0.443. The Morgan fingerprint density at radius 3 is 2.62 bits per heavy atom. The van der Waals surface area contributed by atoms with Crippen molar-refractivity contribution in [1.82, 2.24) is 5.48 Å². The lowest BCUT2D eigenvalue weighted by atomic mass is 10.1. The number of carboxylic acids is 1. The molecule has 26 heavy (non-hydrogen) atoms.